The molecule has 0 amide bonds. The van der Waals surface area contributed by atoms with E-state index < -0.39 is 15.7 Å². The molecule has 2 aliphatic rings. The Bertz CT molecular complexity index is 751. The van der Waals surface area contributed by atoms with Gasteiger partial charge in [0.05, 0.1) is 12.3 Å². The van der Waals surface area contributed by atoms with Gasteiger partial charge in [-0.3, -0.25) is 4.99 Å². The molecular weight excluding hydrogens is 468 g/mol. The first kappa shape index (κ1) is 21.4. The highest BCUT2D eigenvalue weighted by Crippen LogP contribution is 2.47. The minimum atomic E-state index is -3.67. The number of benzene rings is 1. The molecular formula is C18H27FIN3O2S. The Hall–Kier alpha value is -0.900. The zero-order chi connectivity index (χ0) is 17.9. The molecule has 1 aliphatic carbocycles. The Morgan fingerprint density at radius 3 is 2.62 bits per heavy atom. The lowest BCUT2D eigenvalue weighted by atomic mass is 9.68. The van der Waals surface area contributed by atoms with E-state index in [0.29, 0.717) is 5.41 Å². The second-order valence-electron chi connectivity index (χ2n) is 7.01. The van der Waals surface area contributed by atoms with Crippen LogP contribution in [0, 0.1) is 11.2 Å². The van der Waals surface area contributed by atoms with Crippen LogP contribution < -0.4 is 5.32 Å². The number of hydrogen-bond donors (Lipinski definition) is 1. The van der Waals surface area contributed by atoms with Crippen molar-refractivity contribution in [2.45, 2.75) is 37.5 Å². The molecule has 1 aromatic rings. The Morgan fingerprint density at radius 1 is 1.31 bits per heavy atom. The van der Waals surface area contributed by atoms with E-state index >= 15 is 0 Å². The van der Waals surface area contributed by atoms with Crippen LogP contribution >= 0.6 is 24.0 Å². The van der Waals surface area contributed by atoms with Crippen LogP contribution in [0.25, 0.3) is 0 Å². The normalized spacial score (nSPS) is 19.2. The van der Waals surface area contributed by atoms with Gasteiger partial charge in [-0.2, -0.15) is 0 Å². The summed E-state index contributed by atoms with van der Waals surface area (Å²) >= 11 is 0. The third-order valence-electron chi connectivity index (χ3n) is 5.28. The Morgan fingerprint density at radius 2 is 2.04 bits per heavy atom. The standard InChI is InChI=1S/C18H26FN3O2S.HI/c1-2-20-17(22-12-10-18(14-22)8-5-9-18)21-11-13-25(23,24)16-7-4-3-6-15(16)19;/h3-4,6-7H,2,5,8-14H2,1H3,(H,20,21);1H. The predicted octanol–water partition coefficient (Wildman–Crippen LogP) is 3.06. The topological polar surface area (TPSA) is 61.8 Å². The maximum atomic E-state index is 13.7. The summed E-state index contributed by atoms with van der Waals surface area (Å²) in [5.74, 6) is -0.123. The second kappa shape index (κ2) is 8.86. The Labute approximate surface area is 172 Å². The van der Waals surface area contributed by atoms with Crippen molar-refractivity contribution < 1.29 is 12.8 Å². The highest BCUT2D eigenvalue weighted by atomic mass is 127. The minimum Gasteiger partial charge on any atom is -0.357 e. The molecule has 3 rings (SSSR count). The molecule has 1 spiro atoms. The van der Waals surface area contributed by atoms with Gasteiger partial charge in [0, 0.05) is 19.6 Å². The van der Waals surface area contributed by atoms with Crippen LogP contribution in [0.1, 0.15) is 32.6 Å². The van der Waals surface area contributed by atoms with Crippen molar-refractivity contribution in [1.29, 1.82) is 0 Å². The van der Waals surface area contributed by atoms with Crippen molar-refractivity contribution in [1.82, 2.24) is 10.2 Å². The molecule has 146 valence electrons. The number of hydrogen-bond acceptors (Lipinski definition) is 3. The highest BCUT2D eigenvalue weighted by molar-refractivity contribution is 14.0. The minimum absolute atomic E-state index is 0. The summed E-state index contributed by atoms with van der Waals surface area (Å²) in [4.78, 5) is 6.48. The van der Waals surface area contributed by atoms with Crippen molar-refractivity contribution in [2.75, 3.05) is 31.9 Å². The molecule has 1 N–H and O–H groups in total. The number of rotatable bonds is 5. The Balaban J connectivity index is 0.00000243. The van der Waals surface area contributed by atoms with Crippen molar-refractivity contribution in [3.63, 3.8) is 0 Å². The molecule has 26 heavy (non-hydrogen) atoms. The first-order valence-corrected chi connectivity index (χ1v) is 10.6. The molecule has 0 aromatic heterocycles. The van der Waals surface area contributed by atoms with E-state index in [4.69, 9.17) is 0 Å². The molecule has 0 bridgehead atoms. The summed E-state index contributed by atoms with van der Waals surface area (Å²) in [6.07, 6.45) is 5.06. The van der Waals surface area contributed by atoms with Gasteiger partial charge < -0.3 is 10.2 Å². The third kappa shape index (κ3) is 4.68. The van der Waals surface area contributed by atoms with Crippen LogP contribution in [0.15, 0.2) is 34.2 Å². The summed E-state index contributed by atoms with van der Waals surface area (Å²) in [5.41, 5.74) is 0.454. The van der Waals surface area contributed by atoms with E-state index in [0.717, 1.165) is 25.6 Å². The maximum Gasteiger partial charge on any atom is 0.193 e. The van der Waals surface area contributed by atoms with E-state index in [9.17, 15) is 12.8 Å². The zero-order valence-corrected chi connectivity index (χ0v) is 18.2. The number of halogens is 2. The van der Waals surface area contributed by atoms with Gasteiger partial charge in [-0.15, -0.1) is 24.0 Å². The van der Waals surface area contributed by atoms with E-state index in [-0.39, 0.29) is 41.2 Å². The summed E-state index contributed by atoms with van der Waals surface area (Å²) in [5, 5.41) is 3.25. The lowest BCUT2D eigenvalue weighted by molar-refractivity contribution is 0.151. The van der Waals surface area contributed by atoms with Gasteiger partial charge in [0.1, 0.15) is 10.7 Å². The van der Waals surface area contributed by atoms with Crippen LogP contribution in [-0.4, -0.2) is 51.2 Å². The fraction of sp³-hybridized carbons (Fsp3) is 0.611. The van der Waals surface area contributed by atoms with Crippen LogP contribution in [0.4, 0.5) is 4.39 Å². The molecule has 1 saturated carbocycles. The average molecular weight is 495 g/mol. The quantitative estimate of drug-likeness (QED) is 0.388. The summed E-state index contributed by atoms with van der Waals surface area (Å²) in [6.45, 7) is 4.83. The number of sulfone groups is 1. The molecule has 0 atom stereocenters. The third-order valence-corrected chi connectivity index (χ3v) is 7.00. The van der Waals surface area contributed by atoms with Crippen molar-refractivity contribution >= 4 is 39.8 Å². The van der Waals surface area contributed by atoms with Crippen molar-refractivity contribution in [3.8, 4) is 0 Å². The molecule has 1 aliphatic heterocycles. The van der Waals surface area contributed by atoms with E-state index in [2.05, 4.69) is 15.2 Å². The lowest BCUT2D eigenvalue weighted by Gasteiger charge is -2.38. The summed E-state index contributed by atoms with van der Waals surface area (Å²) in [7, 11) is -3.67. The monoisotopic (exact) mass is 495 g/mol. The van der Waals surface area contributed by atoms with Gasteiger partial charge in [0.25, 0.3) is 0 Å². The zero-order valence-electron chi connectivity index (χ0n) is 15.1. The first-order valence-electron chi connectivity index (χ1n) is 8.96. The number of guanidine groups is 1. The molecule has 1 aromatic carbocycles. The SMILES string of the molecule is CCNC(=NCCS(=O)(=O)c1ccccc1F)N1CCC2(CCC2)C1.I. The lowest BCUT2D eigenvalue weighted by Crippen LogP contribution is -2.42. The fourth-order valence-electron chi connectivity index (χ4n) is 3.71. The van der Waals surface area contributed by atoms with Crippen LogP contribution in [0.5, 0.6) is 0 Å². The van der Waals surface area contributed by atoms with Gasteiger partial charge in [-0.05, 0) is 43.7 Å². The smallest absolute Gasteiger partial charge is 0.193 e. The second-order valence-corrected chi connectivity index (χ2v) is 9.09. The number of likely N-dealkylation sites (tertiary alicyclic amines) is 1. The van der Waals surface area contributed by atoms with E-state index in [1.165, 1.54) is 49.9 Å². The summed E-state index contributed by atoms with van der Waals surface area (Å²) in [6, 6.07) is 5.49. The van der Waals surface area contributed by atoms with Crippen molar-refractivity contribution in [3.05, 3.63) is 30.1 Å². The Kier molecular flexibility index (Phi) is 7.29. The van der Waals surface area contributed by atoms with Crippen molar-refractivity contribution in [2.24, 2.45) is 10.4 Å². The van der Waals surface area contributed by atoms with Gasteiger partial charge in [0.2, 0.25) is 0 Å². The van der Waals surface area contributed by atoms with E-state index in [1.54, 1.807) is 0 Å². The molecule has 1 saturated heterocycles. The van der Waals surface area contributed by atoms with Crippen LogP contribution in [0.3, 0.4) is 0 Å². The molecule has 1 heterocycles. The largest absolute Gasteiger partial charge is 0.357 e. The highest BCUT2D eigenvalue weighted by Gasteiger charge is 2.43. The van der Waals surface area contributed by atoms with Gasteiger partial charge >= 0.3 is 0 Å². The van der Waals surface area contributed by atoms with Gasteiger partial charge in [-0.1, -0.05) is 18.6 Å². The summed E-state index contributed by atoms with van der Waals surface area (Å²) < 4.78 is 38.4. The van der Waals surface area contributed by atoms with E-state index in [1.807, 2.05) is 6.92 Å². The fourth-order valence-corrected chi connectivity index (χ4v) is 4.91. The molecule has 2 fully saturated rings. The van der Waals surface area contributed by atoms with Crippen LogP contribution in [0.2, 0.25) is 0 Å². The first-order chi connectivity index (χ1) is 12.0. The predicted molar refractivity (Wildman–Crippen MR) is 112 cm³/mol. The molecule has 5 nitrogen and oxygen atoms in total. The number of aliphatic imine (C=N–C) groups is 1. The average Bonchev–Trinajstić information content (AvgIpc) is 3.00. The van der Waals surface area contributed by atoms with Gasteiger partial charge in [-0.25, -0.2) is 12.8 Å². The molecule has 0 unspecified atom stereocenters. The number of nitrogens with zero attached hydrogens (tertiary/aromatic N) is 2. The van der Waals surface area contributed by atoms with Crippen LogP contribution in [-0.2, 0) is 9.84 Å². The maximum absolute atomic E-state index is 13.7. The number of nitrogens with one attached hydrogen (secondary N) is 1. The molecule has 0 radical (unpaired) electrons. The molecule has 8 heteroatoms. The van der Waals surface area contributed by atoms with Gasteiger partial charge in [0.15, 0.2) is 15.8 Å².